The van der Waals surface area contributed by atoms with Crippen LogP contribution >= 0.6 is 0 Å². The highest BCUT2D eigenvalue weighted by Crippen LogP contribution is 2.28. The van der Waals surface area contributed by atoms with Crippen molar-refractivity contribution in [3.63, 3.8) is 0 Å². The van der Waals surface area contributed by atoms with Crippen LogP contribution in [0.15, 0.2) is 115 Å². The minimum atomic E-state index is -1.11. The zero-order valence-electron chi connectivity index (χ0n) is 26.7. The van der Waals surface area contributed by atoms with Gasteiger partial charge in [0.05, 0.1) is 5.52 Å². The molecule has 1 N–H and O–H groups in total. The molecule has 1 aromatic heterocycles. The minimum absolute atomic E-state index is 0.0204. The van der Waals surface area contributed by atoms with E-state index in [0.717, 1.165) is 16.7 Å². The van der Waals surface area contributed by atoms with Gasteiger partial charge in [0.15, 0.2) is 0 Å². The van der Waals surface area contributed by atoms with Crippen molar-refractivity contribution in [1.82, 2.24) is 9.88 Å². The molecule has 0 aliphatic carbocycles. The summed E-state index contributed by atoms with van der Waals surface area (Å²) in [5.74, 6) is -0.0936. The zero-order valence-corrected chi connectivity index (χ0v) is 26.7. The lowest BCUT2D eigenvalue weighted by Gasteiger charge is -2.23. The molecule has 4 aromatic carbocycles. The Balaban J connectivity index is 1.43. The van der Waals surface area contributed by atoms with E-state index in [1.807, 2.05) is 97.1 Å². The molecule has 9 heteroatoms. The molecule has 0 saturated carbocycles. The molecular weight excluding hydrogens is 596 g/mol. The Kier molecular flexibility index (Phi) is 10.6. The predicted octanol–water partition coefficient (Wildman–Crippen LogP) is 7.58. The number of fused-ring (bicyclic) bond motifs is 1. The van der Waals surface area contributed by atoms with Gasteiger partial charge in [-0.1, -0.05) is 91.0 Å². The molecule has 0 saturated heterocycles. The summed E-state index contributed by atoms with van der Waals surface area (Å²) >= 11 is 0. The van der Waals surface area contributed by atoms with Crippen molar-refractivity contribution in [3.8, 4) is 5.75 Å². The van der Waals surface area contributed by atoms with Gasteiger partial charge in [0.25, 0.3) is 0 Å². The average molecular weight is 635 g/mol. The van der Waals surface area contributed by atoms with E-state index in [1.54, 1.807) is 39.1 Å². The summed E-state index contributed by atoms with van der Waals surface area (Å²) in [7, 11) is 0. The van der Waals surface area contributed by atoms with Crippen LogP contribution in [0.1, 0.15) is 43.0 Å². The Labute approximate surface area is 274 Å². The van der Waals surface area contributed by atoms with Crippen LogP contribution in [-0.4, -0.2) is 34.4 Å². The van der Waals surface area contributed by atoms with Crippen molar-refractivity contribution in [3.05, 3.63) is 138 Å². The third-order valence-corrected chi connectivity index (χ3v) is 7.13. The van der Waals surface area contributed by atoms with Crippen LogP contribution in [0, 0.1) is 0 Å². The van der Waals surface area contributed by atoms with Gasteiger partial charge in [0, 0.05) is 24.1 Å². The fourth-order valence-corrected chi connectivity index (χ4v) is 4.90. The number of aromatic nitrogens is 1. The van der Waals surface area contributed by atoms with E-state index < -0.39 is 29.8 Å². The molecular formula is C38H38N2O7. The van der Waals surface area contributed by atoms with Crippen molar-refractivity contribution in [2.24, 2.45) is 0 Å². The van der Waals surface area contributed by atoms with Gasteiger partial charge in [-0.3, -0.25) is 4.57 Å². The topological polar surface area (TPSA) is 105 Å². The first-order chi connectivity index (χ1) is 22.6. The van der Waals surface area contributed by atoms with Crippen molar-refractivity contribution >= 4 is 29.1 Å². The quantitative estimate of drug-likeness (QED) is 0.118. The van der Waals surface area contributed by atoms with Crippen molar-refractivity contribution in [2.75, 3.05) is 0 Å². The van der Waals surface area contributed by atoms with Crippen molar-refractivity contribution in [2.45, 2.75) is 58.7 Å². The standard InChI is InChI=1S/C38H38N2O7/c1-38(2,3)47-36(42)39-33(35(41)45-25-28-15-9-5-10-16-28)21-30-23-40(37(43)46-26-29-17-11-6-12-18-29)34-22-31(19-20-32(30)34)44-24-27-13-7-4-8-14-27/h4-20,22-23,33H,21,24-26H2,1-3H3,(H,39,42)/t33-/m0/s1. The first kappa shape index (κ1) is 32.8. The van der Waals surface area contributed by atoms with Gasteiger partial charge in [-0.2, -0.15) is 0 Å². The molecule has 0 spiro atoms. The van der Waals surface area contributed by atoms with Gasteiger partial charge in [-0.15, -0.1) is 0 Å². The molecule has 1 heterocycles. The molecule has 0 aliphatic heterocycles. The fraction of sp³-hybridized carbons (Fsp3) is 0.237. The van der Waals surface area contributed by atoms with Gasteiger partial charge in [-0.05, 0) is 55.2 Å². The molecule has 5 aromatic rings. The zero-order chi connectivity index (χ0) is 33.2. The van der Waals surface area contributed by atoms with Crippen LogP contribution in [0.4, 0.5) is 9.59 Å². The fourth-order valence-electron chi connectivity index (χ4n) is 4.90. The monoisotopic (exact) mass is 634 g/mol. The van der Waals surface area contributed by atoms with Gasteiger partial charge in [0.1, 0.15) is 37.2 Å². The normalized spacial score (nSPS) is 11.8. The van der Waals surface area contributed by atoms with Crippen LogP contribution in [0.25, 0.3) is 10.9 Å². The van der Waals surface area contributed by atoms with E-state index in [4.69, 9.17) is 18.9 Å². The molecule has 0 unspecified atom stereocenters. The van der Waals surface area contributed by atoms with Crippen molar-refractivity contribution in [1.29, 1.82) is 0 Å². The second-order valence-corrected chi connectivity index (χ2v) is 12.0. The largest absolute Gasteiger partial charge is 0.489 e. The number of carbonyl (C=O) groups excluding carboxylic acids is 3. The lowest BCUT2D eigenvalue weighted by Crippen LogP contribution is -2.45. The third kappa shape index (κ3) is 9.46. The summed E-state index contributed by atoms with van der Waals surface area (Å²) in [6, 6.07) is 32.7. The van der Waals surface area contributed by atoms with E-state index in [2.05, 4.69) is 5.32 Å². The average Bonchev–Trinajstić information content (AvgIpc) is 3.43. The summed E-state index contributed by atoms with van der Waals surface area (Å²) in [6.07, 6.45) is 0.273. The Morgan fingerprint density at radius 1 is 0.723 bits per heavy atom. The molecule has 242 valence electrons. The molecule has 5 rings (SSSR count). The maximum atomic E-state index is 13.5. The number of carbonyl (C=O) groups is 3. The summed E-state index contributed by atoms with van der Waals surface area (Å²) in [4.78, 5) is 39.7. The van der Waals surface area contributed by atoms with Crippen LogP contribution < -0.4 is 10.1 Å². The second-order valence-electron chi connectivity index (χ2n) is 12.0. The summed E-state index contributed by atoms with van der Waals surface area (Å²) in [5.41, 5.74) is 3.00. The highest BCUT2D eigenvalue weighted by Gasteiger charge is 2.28. The number of hydrogen-bond acceptors (Lipinski definition) is 7. The molecule has 9 nitrogen and oxygen atoms in total. The number of alkyl carbamates (subject to hydrolysis) is 1. The Bertz CT molecular complexity index is 1800. The lowest BCUT2D eigenvalue weighted by molar-refractivity contribution is -0.147. The number of ether oxygens (including phenoxy) is 4. The third-order valence-electron chi connectivity index (χ3n) is 7.13. The van der Waals surface area contributed by atoms with Crippen LogP contribution in [0.2, 0.25) is 0 Å². The van der Waals surface area contributed by atoms with Crippen LogP contribution in [0.3, 0.4) is 0 Å². The van der Waals surface area contributed by atoms with Crippen molar-refractivity contribution < 1.29 is 33.3 Å². The predicted molar refractivity (Wildman–Crippen MR) is 178 cm³/mol. The number of nitrogens with one attached hydrogen (secondary N) is 1. The van der Waals surface area contributed by atoms with E-state index in [1.165, 1.54) is 4.57 Å². The van der Waals surface area contributed by atoms with Gasteiger partial charge in [-0.25, -0.2) is 14.4 Å². The number of esters is 1. The first-order valence-electron chi connectivity index (χ1n) is 15.4. The highest BCUT2D eigenvalue weighted by atomic mass is 16.6. The molecule has 0 radical (unpaired) electrons. The smallest absolute Gasteiger partial charge is 0.418 e. The number of rotatable bonds is 11. The van der Waals surface area contributed by atoms with Gasteiger partial charge in [0.2, 0.25) is 0 Å². The summed E-state index contributed by atoms with van der Waals surface area (Å²) < 4.78 is 24.2. The van der Waals surface area contributed by atoms with E-state index in [9.17, 15) is 14.4 Å². The number of nitrogens with zero attached hydrogens (tertiary/aromatic N) is 1. The lowest BCUT2D eigenvalue weighted by atomic mass is 10.0. The molecule has 0 bridgehead atoms. The van der Waals surface area contributed by atoms with Gasteiger partial charge < -0.3 is 24.3 Å². The van der Waals surface area contributed by atoms with Crippen LogP contribution in [0.5, 0.6) is 5.75 Å². The second kappa shape index (κ2) is 15.1. The Morgan fingerprint density at radius 3 is 1.85 bits per heavy atom. The molecule has 0 fully saturated rings. The van der Waals surface area contributed by atoms with E-state index in [0.29, 0.717) is 28.8 Å². The van der Waals surface area contributed by atoms with E-state index >= 15 is 0 Å². The minimum Gasteiger partial charge on any atom is -0.489 e. The SMILES string of the molecule is CC(C)(C)OC(=O)N[C@@H](Cc1cn(C(=O)OCc2ccccc2)c2cc(OCc3ccccc3)ccc12)C(=O)OCc1ccccc1. The van der Waals surface area contributed by atoms with E-state index in [-0.39, 0.29) is 19.6 Å². The molecule has 1 amide bonds. The molecule has 1 atom stereocenters. The number of benzene rings is 4. The maximum Gasteiger partial charge on any atom is 0.418 e. The number of hydrogen-bond donors (Lipinski definition) is 1. The van der Waals surface area contributed by atoms with Crippen LogP contribution in [-0.2, 0) is 45.2 Å². The Hall–Kier alpha value is -5.57. The Morgan fingerprint density at radius 2 is 1.28 bits per heavy atom. The molecule has 47 heavy (non-hydrogen) atoms. The summed E-state index contributed by atoms with van der Waals surface area (Å²) in [5, 5.41) is 3.35. The highest BCUT2D eigenvalue weighted by molar-refractivity contribution is 5.93. The maximum absolute atomic E-state index is 13.5. The van der Waals surface area contributed by atoms with Gasteiger partial charge >= 0.3 is 18.2 Å². The first-order valence-corrected chi connectivity index (χ1v) is 15.4. The molecule has 0 aliphatic rings. The summed E-state index contributed by atoms with van der Waals surface area (Å²) in [6.45, 7) is 5.66. The number of amides is 1.